The van der Waals surface area contributed by atoms with Crippen LogP contribution in [0.15, 0.2) is 78.0 Å². The number of benzene rings is 2. The molecule has 5 rings (SSSR count). The van der Waals surface area contributed by atoms with Crippen LogP contribution in [0.2, 0.25) is 0 Å². The first-order valence-electron chi connectivity index (χ1n) is 11.8. The van der Waals surface area contributed by atoms with Crippen LogP contribution in [0.3, 0.4) is 0 Å². The molecule has 4 aromatic rings. The molecule has 184 valence electrons. The number of likely N-dealkylation sites (tertiary alicyclic amines) is 1. The van der Waals surface area contributed by atoms with Crippen molar-refractivity contribution in [2.45, 2.75) is 24.0 Å². The van der Waals surface area contributed by atoms with E-state index in [0.717, 1.165) is 22.9 Å². The summed E-state index contributed by atoms with van der Waals surface area (Å²) >= 11 is 0. The zero-order valence-electron chi connectivity index (χ0n) is 20.2. The summed E-state index contributed by atoms with van der Waals surface area (Å²) in [6, 6.07) is 18.0. The highest BCUT2D eigenvalue weighted by Gasteiger charge is 2.32. The van der Waals surface area contributed by atoms with Gasteiger partial charge in [0.25, 0.3) is 5.91 Å². The Labute approximate surface area is 210 Å². The van der Waals surface area contributed by atoms with Crippen LogP contribution in [0.5, 0.6) is 5.88 Å². The number of para-hydroxylation sites is 1. The number of fused-ring (bicyclic) bond motifs is 1. The summed E-state index contributed by atoms with van der Waals surface area (Å²) in [5.41, 5.74) is 3.53. The van der Waals surface area contributed by atoms with Gasteiger partial charge >= 0.3 is 0 Å². The van der Waals surface area contributed by atoms with Crippen molar-refractivity contribution in [3.05, 3.63) is 95.3 Å². The number of aryl methyl sites for hydroxylation is 1. The maximum atomic E-state index is 13.3. The number of sulfone groups is 1. The van der Waals surface area contributed by atoms with Crippen LogP contribution in [0.4, 0.5) is 0 Å². The van der Waals surface area contributed by atoms with E-state index < -0.39 is 9.84 Å². The van der Waals surface area contributed by atoms with Gasteiger partial charge in [0.2, 0.25) is 5.88 Å². The van der Waals surface area contributed by atoms with Gasteiger partial charge in [-0.3, -0.25) is 9.78 Å². The summed E-state index contributed by atoms with van der Waals surface area (Å²) in [5.74, 6) is 0.789. The maximum absolute atomic E-state index is 13.3. The smallest absolute Gasteiger partial charge is 0.253 e. The molecule has 0 saturated carbocycles. The zero-order valence-corrected chi connectivity index (χ0v) is 21.0. The van der Waals surface area contributed by atoms with Gasteiger partial charge in [0.05, 0.1) is 23.3 Å². The predicted molar refractivity (Wildman–Crippen MR) is 138 cm³/mol. The molecule has 1 aliphatic heterocycles. The number of nitrogens with zero attached hydrogens (tertiary/aromatic N) is 3. The number of carbonyl (C=O) groups excluding carboxylic acids is 1. The van der Waals surface area contributed by atoms with Crippen LogP contribution in [0.25, 0.3) is 10.9 Å². The lowest BCUT2D eigenvalue weighted by Crippen LogP contribution is -2.50. The quantitative estimate of drug-likeness (QED) is 0.376. The molecule has 0 aliphatic carbocycles. The number of aromatic nitrogens is 2. The zero-order chi connectivity index (χ0) is 25.3. The van der Waals surface area contributed by atoms with Gasteiger partial charge in [0, 0.05) is 42.0 Å². The van der Waals surface area contributed by atoms with E-state index in [1.165, 1.54) is 0 Å². The van der Waals surface area contributed by atoms with Gasteiger partial charge in [-0.05, 0) is 60.7 Å². The van der Waals surface area contributed by atoms with Gasteiger partial charge in [-0.1, -0.05) is 30.3 Å². The second-order valence-electron chi connectivity index (χ2n) is 9.18. The van der Waals surface area contributed by atoms with E-state index in [4.69, 9.17) is 4.74 Å². The second kappa shape index (κ2) is 9.70. The third kappa shape index (κ3) is 4.68. The minimum absolute atomic E-state index is 0.0415. The van der Waals surface area contributed by atoms with Gasteiger partial charge in [0.1, 0.15) is 0 Å². The summed E-state index contributed by atoms with van der Waals surface area (Å²) in [6.07, 6.45) is 4.11. The fourth-order valence-electron chi connectivity index (χ4n) is 4.72. The van der Waals surface area contributed by atoms with Crippen LogP contribution in [-0.2, 0) is 22.0 Å². The van der Waals surface area contributed by atoms with Gasteiger partial charge in [0.15, 0.2) is 9.84 Å². The fraction of sp³-hybridized carbons (Fsp3) is 0.250. The first kappa shape index (κ1) is 23.9. The Hall–Kier alpha value is -3.78. The largest absolute Gasteiger partial charge is 0.481 e. The normalized spacial score (nSPS) is 14.0. The van der Waals surface area contributed by atoms with E-state index >= 15 is 0 Å². The van der Waals surface area contributed by atoms with Crippen molar-refractivity contribution >= 4 is 26.6 Å². The monoisotopic (exact) mass is 501 g/mol. The Morgan fingerprint density at radius 3 is 2.53 bits per heavy atom. The highest BCUT2D eigenvalue weighted by molar-refractivity contribution is 7.90. The van der Waals surface area contributed by atoms with Crippen molar-refractivity contribution in [3.8, 4) is 5.88 Å². The highest BCUT2D eigenvalue weighted by atomic mass is 32.2. The fourth-order valence-corrected chi connectivity index (χ4v) is 6.36. The van der Waals surface area contributed by atoms with E-state index in [1.807, 2.05) is 36.1 Å². The molecule has 0 unspecified atom stereocenters. The second-order valence-corrected chi connectivity index (χ2v) is 11.1. The maximum Gasteiger partial charge on any atom is 0.253 e. The first-order valence-corrected chi connectivity index (χ1v) is 13.4. The minimum atomic E-state index is -3.62. The molecule has 3 heterocycles. The minimum Gasteiger partial charge on any atom is -0.481 e. The molecular formula is C28H27N3O4S. The third-order valence-electron chi connectivity index (χ3n) is 6.66. The van der Waals surface area contributed by atoms with Gasteiger partial charge in [-0.15, -0.1) is 0 Å². The predicted octanol–water partition coefficient (Wildman–Crippen LogP) is 4.24. The molecule has 0 spiro atoms. The summed E-state index contributed by atoms with van der Waals surface area (Å²) in [6.45, 7) is 3.18. The van der Waals surface area contributed by atoms with Crippen LogP contribution < -0.4 is 4.74 Å². The molecule has 36 heavy (non-hydrogen) atoms. The van der Waals surface area contributed by atoms with Crippen LogP contribution >= 0.6 is 0 Å². The van der Waals surface area contributed by atoms with E-state index in [9.17, 15) is 13.2 Å². The van der Waals surface area contributed by atoms with Crippen LogP contribution in [-0.4, -0.2) is 49.4 Å². The number of ether oxygens (including phenoxy) is 1. The van der Waals surface area contributed by atoms with Crippen LogP contribution in [0.1, 0.15) is 27.0 Å². The first-order chi connectivity index (χ1) is 17.4. The Morgan fingerprint density at radius 1 is 1.00 bits per heavy atom. The molecule has 0 N–H and O–H groups in total. The van der Waals surface area contributed by atoms with E-state index in [2.05, 4.69) is 9.97 Å². The van der Waals surface area contributed by atoms with Crippen molar-refractivity contribution in [1.29, 1.82) is 0 Å². The van der Waals surface area contributed by atoms with E-state index in [-0.39, 0.29) is 16.6 Å². The Bertz CT molecular complexity index is 1540. The summed E-state index contributed by atoms with van der Waals surface area (Å²) in [7, 11) is -2.01. The SMILES string of the molecule is COc1ncccc1CC1CN(C(=O)c2ccc(CS(=O)(=O)c3cccc4cccnc34)c(C)c2)C1. The number of methoxy groups -OCH3 is 1. The highest BCUT2D eigenvalue weighted by Crippen LogP contribution is 2.28. The van der Waals surface area contributed by atoms with Gasteiger partial charge < -0.3 is 9.64 Å². The molecule has 0 atom stereocenters. The van der Waals surface area contributed by atoms with Gasteiger partial charge in [-0.25, -0.2) is 13.4 Å². The Morgan fingerprint density at radius 2 is 1.75 bits per heavy atom. The Kier molecular flexibility index (Phi) is 6.45. The lowest BCUT2D eigenvalue weighted by molar-refractivity contribution is 0.0500. The molecule has 1 aliphatic rings. The van der Waals surface area contributed by atoms with Crippen molar-refractivity contribution in [2.75, 3.05) is 20.2 Å². The number of pyridine rings is 2. The average molecular weight is 502 g/mol. The number of hydrogen-bond acceptors (Lipinski definition) is 6. The molecule has 2 aromatic heterocycles. The molecular weight excluding hydrogens is 474 g/mol. The molecule has 7 nitrogen and oxygen atoms in total. The molecule has 8 heteroatoms. The van der Waals surface area contributed by atoms with E-state index in [0.29, 0.717) is 41.5 Å². The molecule has 1 saturated heterocycles. The molecule has 0 bridgehead atoms. The van der Waals surface area contributed by atoms with Crippen molar-refractivity contribution in [1.82, 2.24) is 14.9 Å². The van der Waals surface area contributed by atoms with Crippen molar-refractivity contribution < 1.29 is 17.9 Å². The number of amides is 1. The summed E-state index contributed by atoms with van der Waals surface area (Å²) in [4.78, 5) is 23.6. The van der Waals surface area contributed by atoms with Crippen LogP contribution in [0, 0.1) is 12.8 Å². The van der Waals surface area contributed by atoms with E-state index in [1.54, 1.807) is 55.9 Å². The lowest BCUT2D eigenvalue weighted by Gasteiger charge is -2.39. The molecule has 2 aromatic carbocycles. The van der Waals surface area contributed by atoms with Gasteiger partial charge in [-0.2, -0.15) is 0 Å². The third-order valence-corrected chi connectivity index (χ3v) is 8.35. The molecule has 0 radical (unpaired) electrons. The molecule has 1 amide bonds. The topological polar surface area (TPSA) is 89.5 Å². The Balaban J connectivity index is 1.27. The molecule has 1 fully saturated rings. The standard InChI is InChI=1S/C28H27N3O4S/c1-19-14-23(28(32)31-16-20(17-31)15-22-8-5-13-30-27(22)35-2)10-11-24(19)18-36(33,34)25-9-3-6-21-7-4-12-29-26(21)25/h3-14,20H,15-18H2,1-2H3. The number of hydrogen-bond donors (Lipinski definition) is 0. The summed E-state index contributed by atoms with van der Waals surface area (Å²) < 4.78 is 31.8. The summed E-state index contributed by atoms with van der Waals surface area (Å²) in [5, 5.41) is 0.783. The lowest BCUT2D eigenvalue weighted by atomic mass is 9.91. The average Bonchev–Trinajstić information content (AvgIpc) is 2.86. The number of carbonyl (C=O) groups is 1. The number of rotatable bonds is 7. The van der Waals surface area contributed by atoms with Crippen molar-refractivity contribution in [3.63, 3.8) is 0 Å². The van der Waals surface area contributed by atoms with Crippen molar-refractivity contribution in [2.24, 2.45) is 5.92 Å².